The van der Waals surface area contributed by atoms with Crippen LogP contribution in [-0.2, 0) is 11.3 Å². The molecule has 7 heteroatoms. The highest BCUT2D eigenvalue weighted by molar-refractivity contribution is 8.00. The van der Waals surface area contributed by atoms with Crippen LogP contribution in [0.1, 0.15) is 12.8 Å². The first kappa shape index (κ1) is 11.8. The molecule has 0 atom stereocenters. The fourth-order valence-corrected chi connectivity index (χ4v) is 2.88. The van der Waals surface area contributed by atoms with Gasteiger partial charge in [0, 0.05) is 11.3 Å². The standard InChI is InChI=1S/C9H13N3O2S2/c1-15-9(2-3-9)5-12-6-10-11-8(12)16-4-7(13)14/h6H,2-5H2,1H3,(H,13,14). The van der Waals surface area contributed by atoms with E-state index in [1.54, 1.807) is 6.33 Å². The van der Waals surface area contributed by atoms with Crippen molar-refractivity contribution in [3.05, 3.63) is 6.33 Å². The highest BCUT2D eigenvalue weighted by atomic mass is 32.2. The van der Waals surface area contributed by atoms with Crippen LogP contribution in [0.25, 0.3) is 0 Å². The van der Waals surface area contributed by atoms with E-state index in [1.807, 2.05) is 16.3 Å². The van der Waals surface area contributed by atoms with Gasteiger partial charge in [0.2, 0.25) is 0 Å². The molecule has 2 rings (SSSR count). The molecular weight excluding hydrogens is 246 g/mol. The summed E-state index contributed by atoms with van der Waals surface area (Å²) in [6.45, 7) is 0.878. The SMILES string of the molecule is CSC1(Cn2cnnc2SCC(=O)O)CC1. The summed E-state index contributed by atoms with van der Waals surface area (Å²) in [5.41, 5.74) is 0. The Kier molecular flexibility index (Phi) is 3.44. The fourth-order valence-electron chi connectivity index (χ4n) is 1.47. The minimum atomic E-state index is -0.828. The molecule has 0 radical (unpaired) electrons. The van der Waals surface area contributed by atoms with Gasteiger partial charge >= 0.3 is 5.97 Å². The van der Waals surface area contributed by atoms with Crippen LogP contribution in [0.4, 0.5) is 0 Å². The molecule has 88 valence electrons. The zero-order valence-electron chi connectivity index (χ0n) is 8.92. The first-order valence-electron chi connectivity index (χ1n) is 4.93. The average Bonchev–Trinajstić information content (AvgIpc) is 2.88. The van der Waals surface area contributed by atoms with Gasteiger partial charge in [-0.1, -0.05) is 11.8 Å². The molecule has 1 aliphatic carbocycles. The maximum absolute atomic E-state index is 10.5. The number of carboxylic acids is 1. The molecule has 1 aliphatic rings. The Morgan fingerprint density at radius 1 is 1.69 bits per heavy atom. The second kappa shape index (κ2) is 4.67. The molecule has 1 heterocycles. The van der Waals surface area contributed by atoms with E-state index in [-0.39, 0.29) is 5.75 Å². The summed E-state index contributed by atoms with van der Waals surface area (Å²) < 4.78 is 2.29. The lowest BCUT2D eigenvalue weighted by molar-refractivity contribution is -0.133. The second-order valence-corrected chi connectivity index (χ2v) is 6.03. The van der Waals surface area contributed by atoms with Gasteiger partial charge in [0.1, 0.15) is 6.33 Å². The van der Waals surface area contributed by atoms with Crippen molar-refractivity contribution in [2.45, 2.75) is 29.3 Å². The number of nitrogens with zero attached hydrogens (tertiary/aromatic N) is 3. The van der Waals surface area contributed by atoms with Gasteiger partial charge in [-0.05, 0) is 19.1 Å². The van der Waals surface area contributed by atoms with Gasteiger partial charge in [0.25, 0.3) is 0 Å². The minimum absolute atomic E-state index is 0.0327. The van der Waals surface area contributed by atoms with Crippen LogP contribution in [0, 0.1) is 0 Å². The number of aromatic nitrogens is 3. The van der Waals surface area contributed by atoms with E-state index in [1.165, 1.54) is 24.6 Å². The highest BCUT2D eigenvalue weighted by Crippen LogP contribution is 2.48. The number of hydrogen-bond donors (Lipinski definition) is 1. The van der Waals surface area contributed by atoms with Gasteiger partial charge < -0.3 is 9.67 Å². The van der Waals surface area contributed by atoms with Crippen LogP contribution in [-0.4, -0.2) is 42.6 Å². The first-order chi connectivity index (χ1) is 7.65. The van der Waals surface area contributed by atoms with E-state index >= 15 is 0 Å². The van der Waals surface area contributed by atoms with Crippen molar-refractivity contribution in [3.8, 4) is 0 Å². The van der Waals surface area contributed by atoms with Crippen LogP contribution in [0.15, 0.2) is 11.5 Å². The predicted octanol–water partition coefficient (Wildman–Crippen LogP) is 1.35. The zero-order valence-corrected chi connectivity index (χ0v) is 10.6. The smallest absolute Gasteiger partial charge is 0.313 e. The Labute approximate surface area is 102 Å². The molecule has 0 saturated heterocycles. The van der Waals surface area contributed by atoms with E-state index in [2.05, 4.69) is 16.5 Å². The Balaban J connectivity index is 1.99. The average molecular weight is 259 g/mol. The Hall–Kier alpha value is -0.690. The normalized spacial score (nSPS) is 17.3. The van der Waals surface area contributed by atoms with Gasteiger partial charge in [-0.2, -0.15) is 11.8 Å². The molecule has 1 N–H and O–H groups in total. The molecule has 0 spiro atoms. The maximum atomic E-state index is 10.5. The lowest BCUT2D eigenvalue weighted by Crippen LogP contribution is -2.14. The topological polar surface area (TPSA) is 68.0 Å². The van der Waals surface area contributed by atoms with Gasteiger partial charge in [-0.25, -0.2) is 0 Å². The monoisotopic (exact) mass is 259 g/mol. The van der Waals surface area contributed by atoms with Crippen molar-refractivity contribution < 1.29 is 9.90 Å². The number of aliphatic carboxylic acids is 1. The Bertz CT molecular complexity index is 390. The molecule has 5 nitrogen and oxygen atoms in total. The van der Waals surface area contributed by atoms with E-state index in [0.717, 1.165) is 6.54 Å². The third kappa shape index (κ3) is 2.70. The van der Waals surface area contributed by atoms with Gasteiger partial charge in [0.05, 0.1) is 5.75 Å². The van der Waals surface area contributed by atoms with E-state index in [9.17, 15) is 4.79 Å². The van der Waals surface area contributed by atoms with Crippen molar-refractivity contribution >= 4 is 29.5 Å². The fraction of sp³-hybridized carbons (Fsp3) is 0.667. The van der Waals surface area contributed by atoms with E-state index in [4.69, 9.17) is 5.11 Å². The molecule has 1 saturated carbocycles. The quantitative estimate of drug-likeness (QED) is 0.778. The zero-order chi connectivity index (χ0) is 11.6. The van der Waals surface area contributed by atoms with Crippen molar-refractivity contribution in [3.63, 3.8) is 0 Å². The molecule has 0 aromatic carbocycles. The summed E-state index contributed by atoms with van der Waals surface area (Å²) in [5, 5.41) is 17.1. The summed E-state index contributed by atoms with van der Waals surface area (Å²) in [5.74, 6) is -0.795. The van der Waals surface area contributed by atoms with Crippen LogP contribution in [0.2, 0.25) is 0 Å². The molecule has 0 amide bonds. The lowest BCUT2D eigenvalue weighted by Gasteiger charge is -2.13. The van der Waals surface area contributed by atoms with Crippen LogP contribution in [0.3, 0.4) is 0 Å². The summed E-state index contributed by atoms with van der Waals surface area (Å²) in [7, 11) is 0. The second-order valence-electron chi connectivity index (χ2n) is 3.81. The summed E-state index contributed by atoms with van der Waals surface area (Å²) in [6.07, 6.45) is 6.23. The van der Waals surface area contributed by atoms with Crippen LogP contribution in [0.5, 0.6) is 0 Å². The molecule has 1 aromatic rings. The summed E-state index contributed by atoms with van der Waals surface area (Å²) in [4.78, 5) is 10.5. The Morgan fingerprint density at radius 2 is 2.44 bits per heavy atom. The van der Waals surface area contributed by atoms with Crippen molar-refractivity contribution in [1.82, 2.24) is 14.8 Å². The predicted molar refractivity (Wildman–Crippen MR) is 63.9 cm³/mol. The number of thioether (sulfide) groups is 2. The van der Waals surface area contributed by atoms with E-state index in [0.29, 0.717) is 9.90 Å². The largest absolute Gasteiger partial charge is 0.481 e. The van der Waals surface area contributed by atoms with E-state index < -0.39 is 5.97 Å². The van der Waals surface area contributed by atoms with Crippen LogP contribution < -0.4 is 0 Å². The minimum Gasteiger partial charge on any atom is -0.481 e. The van der Waals surface area contributed by atoms with Crippen molar-refractivity contribution in [2.75, 3.05) is 12.0 Å². The molecular formula is C9H13N3O2S2. The molecule has 16 heavy (non-hydrogen) atoms. The third-order valence-corrected chi connectivity index (χ3v) is 4.97. The van der Waals surface area contributed by atoms with Gasteiger partial charge in [-0.15, -0.1) is 10.2 Å². The van der Waals surface area contributed by atoms with Crippen LogP contribution >= 0.6 is 23.5 Å². The molecule has 1 aromatic heterocycles. The molecule has 0 unspecified atom stereocenters. The van der Waals surface area contributed by atoms with Crippen molar-refractivity contribution in [2.24, 2.45) is 0 Å². The van der Waals surface area contributed by atoms with Gasteiger partial charge in [0.15, 0.2) is 5.16 Å². The first-order valence-corrected chi connectivity index (χ1v) is 7.14. The molecule has 0 aliphatic heterocycles. The summed E-state index contributed by atoms with van der Waals surface area (Å²) in [6, 6.07) is 0. The number of carboxylic acid groups (broad SMARTS) is 1. The van der Waals surface area contributed by atoms with Gasteiger partial charge in [-0.3, -0.25) is 4.79 Å². The molecule has 1 fully saturated rings. The lowest BCUT2D eigenvalue weighted by atomic mass is 10.4. The number of rotatable bonds is 6. The number of carbonyl (C=O) groups is 1. The molecule has 0 bridgehead atoms. The Morgan fingerprint density at radius 3 is 3.00 bits per heavy atom. The van der Waals surface area contributed by atoms with Crippen molar-refractivity contribution in [1.29, 1.82) is 0 Å². The third-order valence-electron chi connectivity index (χ3n) is 2.60. The highest BCUT2D eigenvalue weighted by Gasteiger charge is 2.42. The summed E-state index contributed by atoms with van der Waals surface area (Å²) >= 11 is 3.09. The number of hydrogen-bond acceptors (Lipinski definition) is 5. The maximum Gasteiger partial charge on any atom is 0.313 e.